The number of nitrogens with zero attached hydrogens (tertiary/aromatic N) is 2. The summed E-state index contributed by atoms with van der Waals surface area (Å²) in [4.78, 5) is 7.05. The molecule has 0 radical (unpaired) electrons. The molecule has 3 nitrogen and oxygen atoms in total. The summed E-state index contributed by atoms with van der Waals surface area (Å²) in [6, 6.07) is 8.70. The molecule has 1 aromatic carbocycles. The van der Waals surface area contributed by atoms with Crippen molar-refractivity contribution in [2.75, 3.05) is 18.0 Å². The van der Waals surface area contributed by atoms with Gasteiger partial charge in [0.2, 0.25) is 0 Å². The Balaban J connectivity index is 2.02. The molecule has 4 heteroatoms. The van der Waals surface area contributed by atoms with Crippen molar-refractivity contribution in [2.45, 2.75) is 33.9 Å². The summed E-state index contributed by atoms with van der Waals surface area (Å²) in [6.07, 6.45) is 0. The van der Waals surface area contributed by atoms with Crippen LogP contribution in [0.25, 0.3) is 0 Å². The Hall–Kier alpha value is -1.39. The first-order chi connectivity index (χ1) is 9.72. The smallest absolute Gasteiger partial charge is 0.107 e. The molecule has 20 heavy (non-hydrogen) atoms. The molecule has 108 valence electrons. The lowest BCUT2D eigenvalue weighted by atomic mass is 10.2. The highest BCUT2D eigenvalue weighted by molar-refractivity contribution is 7.09. The third kappa shape index (κ3) is 4.05. The summed E-state index contributed by atoms with van der Waals surface area (Å²) in [7, 11) is 0. The Kier molecular flexibility index (Phi) is 5.56. The molecule has 0 aliphatic rings. The quantitative estimate of drug-likeness (QED) is 0.844. The second kappa shape index (κ2) is 7.41. The van der Waals surface area contributed by atoms with Gasteiger partial charge in [0.15, 0.2) is 0 Å². The van der Waals surface area contributed by atoms with Crippen molar-refractivity contribution in [2.24, 2.45) is 0 Å². The van der Waals surface area contributed by atoms with Crippen LogP contribution in [0.4, 0.5) is 5.69 Å². The molecule has 2 rings (SSSR count). The Morgan fingerprint density at radius 1 is 1.20 bits per heavy atom. The van der Waals surface area contributed by atoms with Crippen molar-refractivity contribution in [3.8, 4) is 0 Å². The maximum Gasteiger partial charge on any atom is 0.107 e. The Morgan fingerprint density at radius 3 is 2.60 bits per heavy atom. The number of rotatable bonds is 7. The molecule has 1 N–H and O–H groups in total. The van der Waals surface area contributed by atoms with E-state index in [1.807, 2.05) is 0 Å². The molecule has 2 aromatic rings. The molecular formula is C16H23N3S. The SMILES string of the molecule is CCNCc1nc(CN(CC)c2ccc(C)cc2)cs1. The lowest BCUT2D eigenvalue weighted by molar-refractivity contribution is 0.716. The van der Waals surface area contributed by atoms with E-state index in [2.05, 4.69) is 60.6 Å². The van der Waals surface area contributed by atoms with Crippen LogP contribution in [0, 0.1) is 6.92 Å². The Labute approximate surface area is 125 Å². The van der Waals surface area contributed by atoms with Crippen molar-refractivity contribution in [3.63, 3.8) is 0 Å². The maximum atomic E-state index is 4.69. The molecule has 0 aliphatic carbocycles. The largest absolute Gasteiger partial charge is 0.366 e. The lowest BCUT2D eigenvalue weighted by Gasteiger charge is -2.22. The number of nitrogens with one attached hydrogen (secondary N) is 1. The van der Waals surface area contributed by atoms with Crippen LogP contribution in [0.5, 0.6) is 0 Å². The van der Waals surface area contributed by atoms with E-state index in [-0.39, 0.29) is 0 Å². The monoisotopic (exact) mass is 289 g/mol. The molecule has 0 amide bonds. The van der Waals surface area contributed by atoms with Gasteiger partial charge < -0.3 is 10.2 Å². The standard InChI is InChI=1S/C16H23N3S/c1-4-17-10-16-18-14(12-20-16)11-19(5-2)15-8-6-13(3)7-9-15/h6-9,12,17H,4-5,10-11H2,1-3H3. The highest BCUT2D eigenvalue weighted by Crippen LogP contribution is 2.19. The van der Waals surface area contributed by atoms with Gasteiger partial charge in [0.1, 0.15) is 5.01 Å². The van der Waals surface area contributed by atoms with E-state index >= 15 is 0 Å². The van der Waals surface area contributed by atoms with Crippen molar-refractivity contribution < 1.29 is 0 Å². The molecule has 0 unspecified atom stereocenters. The first kappa shape index (κ1) is 15.0. The molecular weight excluding hydrogens is 266 g/mol. The average Bonchev–Trinajstić information content (AvgIpc) is 2.91. The summed E-state index contributed by atoms with van der Waals surface area (Å²) in [5.41, 5.74) is 3.72. The minimum absolute atomic E-state index is 0.873. The Morgan fingerprint density at radius 2 is 1.95 bits per heavy atom. The number of anilines is 1. The lowest BCUT2D eigenvalue weighted by Crippen LogP contribution is -2.22. The molecule has 0 spiro atoms. The van der Waals surface area contributed by atoms with Gasteiger partial charge in [-0.2, -0.15) is 0 Å². The molecule has 1 aromatic heterocycles. The van der Waals surface area contributed by atoms with Crippen molar-refractivity contribution >= 4 is 17.0 Å². The zero-order chi connectivity index (χ0) is 14.4. The maximum absolute atomic E-state index is 4.69. The fourth-order valence-electron chi connectivity index (χ4n) is 2.07. The van der Waals surface area contributed by atoms with Gasteiger partial charge in [-0.1, -0.05) is 24.6 Å². The van der Waals surface area contributed by atoms with Crippen molar-refractivity contribution in [1.29, 1.82) is 0 Å². The number of thiazole rings is 1. The Bertz CT molecular complexity index is 519. The second-order valence-corrected chi connectivity index (χ2v) is 5.81. The summed E-state index contributed by atoms with van der Waals surface area (Å²) in [6.45, 7) is 10.1. The van der Waals surface area contributed by atoms with Crippen molar-refractivity contribution in [3.05, 3.63) is 45.9 Å². The van der Waals surface area contributed by atoms with Gasteiger partial charge in [-0.05, 0) is 32.5 Å². The van der Waals surface area contributed by atoms with Crippen LogP contribution in [-0.2, 0) is 13.1 Å². The van der Waals surface area contributed by atoms with E-state index in [9.17, 15) is 0 Å². The van der Waals surface area contributed by atoms with Crippen molar-refractivity contribution in [1.82, 2.24) is 10.3 Å². The predicted octanol–water partition coefficient (Wildman–Crippen LogP) is 3.59. The topological polar surface area (TPSA) is 28.2 Å². The minimum Gasteiger partial charge on any atom is -0.366 e. The first-order valence-electron chi connectivity index (χ1n) is 7.18. The van der Waals surface area contributed by atoms with E-state index in [0.29, 0.717) is 0 Å². The van der Waals surface area contributed by atoms with E-state index in [4.69, 9.17) is 4.98 Å². The van der Waals surface area contributed by atoms with E-state index in [1.165, 1.54) is 16.3 Å². The van der Waals surface area contributed by atoms with Crippen LogP contribution in [0.3, 0.4) is 0 Å². The van der Waals surface area contributed by atoms with Gasteiger partial charge in [-0.25, -0.2) is 4.98 Å². The van der Waals surface area contributed by atoms with Crippen LogP contribution in [-0.4, -0.2) is 18.1 Å². The highest BCUT2D eigenvalue weighted by atomic mass is 32.1. The van der Waals surface area contributed by atoms with Crippen LogP contribution < -0.4 is 10.2 Å². The molecule has 0 atom stereocenters. The number of hydrogen-bond donors (Lipinski definition) is 1. The van der Waals surface area contributed by atoms with Crippen LogP contribution in [0.15, 0.2) is 29.6 Å². The molecule has 0 aliphatic heterocycles. The number of aromatic nitrogens is 1. The fourth-order valence-corrected chi connectivity index (χ4v) is 2.83. The van der Waals surface area contributed by atoms with Gasteiger partial charge in [0.25, 0.3) is 0 Å². The summed E-state index contributed by atoms with van der Waals surface area (Å²) >= 11 is 1.74. The zero-order valence-electron chi connectivity index (χ0n) is 12.5. The number of hydrogen-bond acceptors (Lipinski definition) is 4. The normalized spacial score (nSPS) is 10.8. The molecule has 0 bridgehead atoms. The van der Waals surface area contributed by atoms with E-state index < -0.39 is 0 Å². The van der Waals surface area contributed by atoms with Crippen LogP contribution >= 0.6 is 11.3 Å². The van der Waals surface area contributed by atoms with Gasteiger partial charge in [0.05, 0.1) is 12.2 Å². The molecule has 0 saturated carbocycles. The van der Waals surface area contributed by atoms with Gasteiger partial charge in [-0.3, -0.25) is 0 Å². The third-order valence-corrected chi connectivity index (χ3v) is 4.16. The fraction of sp³-hybridized carbons (Fsp3) is 0.438. The summed E-state index contributed by atoms with van der Waals surface area (Å²) in [5.74, 6) is 0. The van der Waals surface area contributed by atoms with Gasteiger partial charge >= 0.3 is 0 Å². The first-order valence-corrected chi connectivity index (χ1v) is 8.06. The molecule has 0 saturated heterocycles. The summed E-state index contributed by atoms with van der Waals surface area (Å²) < 4.78 is 0. The predicted molar refractivity (Wildman–Crippen MR) is 87.4 cm³/mol. The second-order valence-electron chi connectivity index (χ2n) is 4.86. The number of benzene rings is 1. The van der Waals surface area contributed by atoms with Gasteiger partial charge in [-0.15, -0.1) is 11.3 Å². The molecule has 1 heterocycles. The summed E-state index contributed by atoms with van der Waals surface area (Å²) in [5, 5.41) is 6.66. The van der Waals surface area contributed by atoms with Gasteiger partial charge in [0, 0.05) is 24.2 Å². The minimum atomic E-state index is 0.873. The van der Waals surface area contributed by atoms with E-state index in [1.54, 1.807) is 11.3 Å². The van der Waals surface area contributed by atoms with Crippen LogP contribution in [0.2, 0.25) is 0 Å². The highest BCUT2D eigenvalue weighted by Gasteiger charge is 2.08. The average molecular weight is 289 g/mol. The van der Waals surface area contributed by atoms with E-state index in [0.717, 1.165) is 31.9 Å². The zero-order valence-corrected chi connectivity index (χ0v) is 13.3. The molecule has 0 fully saturated rings. The number of aryl methyl sites for hydroxylation is 1. The van der Waals surface area contributed by atoms with Crippen LogP contribution in [0.1, 0.15) is 30.1 Å². The third-order valence-electron chi connectivity index (χ3n) is 3.26.